The quantitative estimate of drug-likeness (QED) is 0.685. The Morgan fingerprint density at radius 1 is 1.23 bits per heavy atom. The number of rotatable bonds is 5. The van der Waals surface area contributed by atoms with E-state index in [0.717, 1.165) is 16.3 Å². The molecule has 3 rings (SSSR count). The van der Waals surface area contributed by atoms with Gasteiger partial charge in [0.15, 0.2) is 4.32 Å². The maximum atomic E-state index is 12.5. The number of para-hydroxylation sites is 1. The number of benzene rings is 2. The van der Waals surface area contributed by atoms with E-state index in [1.165, 1.54) is 23.9 Å². The van der Waals surface area contributed by atoms with Crippen molar-refractivity contribution in [1.29, 1.82) is 0 Å². The van der Waals surface area contributed by atoms with Crippen LogP contribution in [-0.4, -0.2) is 38.0 Å². The number of nitrogens with one attached hydrogen (secondary N) is 2. The van der Waals surface area contributed by atoms with E-state index >= 15 is 0 Å². The molecule has 1 aliphatic rings. The molecule has 1 unspecified atom stereocenters. The fraction of sp³-hybridized carbons (Fsp3) is 0.167. The standard InChI is InChI=1S/C18H17N3O3S2/c1-11-6-8-12(9-7-11)19-10-15-17(24)21(18(25)26-15)20-16(23)13-4-2-3-5-14(13)22/h2-9,15,19,22H,10H2,1H3,(H,20,23). The molecule has 26 heavy (non-hydrogen) atoms. The highest BCUT2D eigenvalue weighted by molar-refractivity contribution is 8.24. The maximum absolute atomic E-state index is 12.5. The van der Waals surface area contributed by atoms with Gasteiger partial charge in [-0.05, 0) is 31.2 Å². The molecular formula is C18H17N3O3S2. The number of hydrogen-bond donors (Lipinski definition) is 3. The minimum atomic E-state index is -0.591. The fourth-order valence-corrected chi connectivity index (χ4v) is 3.74. The summed E-state index contributed by atoms with van der Waals surface area (Å²) >= 11 is 6.42. The van der Waals surface area contributed by atoms with Crippen LogP contribution in [0.4, 0.5) is 5.69 Å². The molecule has 2 aromatic carbocycles. The number of hydrazine groups is 1. The summed E-state index contributed by atoms with van der Waals surface area (Å²) in [6.07, 6.45) is 0. The van der Waals surface area contributed by atoms with Gasteiger partial charge in [-0.25, -0.2) is 5.01 Å². The molecule has 0 bridgehead atoms. The molecule has 1 heterocycles. The molecule has 6 nitrogen and oxygen atoms in total. The summed E-state index contributed by atoms with van der Waals surface area (Å²) in [6, 6.07) is 14.0. The molecule has 8 heteroatoms. The van der Waals surface area contributed by atoms with Gasteiger partial charge in [-0.2, -0.15) is 0 Å². The van der Waals surface area contributed by atoms with Crippen LogP contribution >= 0.6 is 24.0 Å². The largest absolute Gasteiger partial charge is 0.507 e. The second-order valence-electron chi connectivity index (χ2n) is 5.75. The number of thioether (sulfide) groups is 1. The minimum absolute atomic E-state index is 0.0781. The summed E-state index contributed by atoms with van der Waals surface area (Å²) in [6.45, 7) is 2.39. The molecule has 3 N–H and O–H groups in total. The predicted octanol–water partition coefficient (Wildman–Crippen LogP) is 2.69. The highest BCUT2D eigenvalue weighted by Crippen LogP contribution is 2.27. The van der Waals surface area contributed by atoms with Crippen LogP contribution < -0.4 is 10.7 Å². The molecule has 0 radical (unpaired) electrons. The molecule has 0 aliphatic carbocycles. The van der Waals surface area contributed by atoms with Gasteiger partial charge in [0.25, 0.3) is 11.8 Å². The van der Waals surface area contributed by atoms with Crippen LogP contribution in [0.15, 0.2) is 48.5 Å². The van der Waals surface area contributed by atoms with Gasteiger partial charge in [-0.15, -0.1) is 0 Å². The second kappa shape index (κ2) is 7.76. The van der Waals surface area contributed by atoms with Gasteiger partial charge in [0.2, 0.25) is 0 Å². The Kier molecular flexibility index (Phi) is 5.43. The van der Waals surface area contributed by atoms with E-state index < -0.39 is 11.2 Å². The average molecular weight is 387 g/mol. The van der Waals surface area contributed by atoms with E-state index in [1.54, 1.807) is 12.1 Å². The van der Waals surface area contributed by atoms with Gasteiger partial charge in [-0.1, -0.05) is 53.8 Å². The highest BCUT2D eigenvalue weighted by atomic mass is 32.2. The Labute approximate surface area is 160 Å². The molecular weight excluding hydrogens is 370 g/mol. The van der Waals surface area contributed by atoms with E-state index in [9.17, 15) is 14.7 Å². The van der Waals surface area contributed by atoms with Crippen molar-refractivity contribution in [3.8, 4) is 5.75 Å². The zero-order valence-corrected chi connectivity index (χ0v) is 15.6. The Bertz CT molecular complexity index is 855. The fourth-order valence-electron chi connectivity index (χ4n) is 2.40. The Balaban J connectivity index is 1.62. The van der Waals surface area contributed by atoms with Gasteiger partial charge in [0.05, 0.1) is 5.56 Å². The van der Waals surface area contributed by atoms with Crippen LogP contribution in [0.25, 0.3) is 0 Å². The minimum Gasteiger partial charge on any atom is -0.507 e. The van der Waals surface area contributed by atoms with Crippen LogP contribution in [-0.2, 0) is 4.79 Å². The van der Waals surface area contributed by atoms with E-state index in [0.29, 0.717) is 6.54 Å². The lowest BCUT2D eigenvalue weighted by atomic mass is 10.2. The van der Waals surface area contributed by atoms with Crippen LogP contribution in [0.5, 0.6) is 5.75 Å². The number of carbonyl (C=O) groups excluding carboxylic acids is 2. The predicted molar refractivity (Wildman–Crippen MR) is 106 cm³/mol. The highest BCUT2D eigenvalue weighted by Gasteiger charge is 2.38. The number of anilines is 1. The topological polar surface area (TPSA) is 81.7 Å². The zero-order valence-electron chi connectivity index (χ0n) is 13.9. The number of phenols is 1. The lowest BCUT2D eigenvalue weighted by Crippen LogP contribution is -2.46. The number of aryl methyl sites for hydroxylation is 1. The summed E-state index contributed by atoms with van der Waals surface area (Å²) < 4.78 is 0.273. The molecule has 1 fully saturated rings. The van der Waals surface area contributed by atoms with Crippen LogP contribution in [0.2, 0.25) is 0 Å². The maximum Gasteiger partial charge on any atom is 0.273 e. The number of aromatic hydroxyl groups is 1. The first-order valence-electron chi connectivity index (χ1n) is 7.90. The summed E-state index contributed by atoms with van der Waals surface area (Å²) in [5.74, 6) is -1.05. The molecule has 134 valence electrons. The first-order chi connectivity index (χ1) is 12.5. The van der Waals surface area contributed by atoms with Crippen molar-refractivity contribution in [3.63, 3.8) is 0 Å². The van der Waals surface area contributed by atoms with Gasteiger partial charge >= 0.3 is 0 Å². The van der Waals surface area contributed by atoms with Crippen molar-refractivity contribution < 1.29 is 14.7 Å². The SMILES string of the molecule is Cc1ccc(NCC2SC(=S)N(NC(=O)c3ccccc3O)C2=O)cc1. The average Bonchev–Trinajstić information content (AvgIpc) is 2.89. The summed E-state index contributed by atoms with van der Waals surface area (Å²) in [5, 5.41) is 13.6. The Morgan fingerprint density at radius 3 is 2.62 bits per heavy atom. The van der Waals surface area contributed by atoms with E-state index in [-0.39, 0.29) is 21.5 Å². The number of hydrogen-bond acceptors (Lipinski definition) is 6. The smallest absolute Gasteiger partial charge is 0.273 e. The third kappa shape index (κ3) is 3.97. The molecule has 0 saturated carbocycles. The van der Waals surface area contributed by atoms with Crippen molar-refractivity contribution in [1.82, 2.24) is 10.4 Å². The number of carbonyl (C=O) groups is 2. The van der Waals surface area contributed by atoms with Crippen molar-refractivity contribution in [3.05, 3.63) is 59.7 Å². The van der Waals surface area contributed by atoms with E-state index in [1.807, 2.05) is 31.2 Å². The molecule has 0 aromatic heterocycles. The molecule has 2 aromatic rings. The number of phenolic OH excluding ortho intramolecular Hbond substituents is 1. The first kappa shape index (κ1) is 18.2. The Morgan fingerprint density at radius 2 is 1.92 bits per heavy atom. The number of amides is 2. The summed E-state index contributed by atoms with van der Waals surface area (Å²) in [5.41, 5.74) is 4.61. The number of thiocarbonyl (C=S) groups is 1. The lowest BCUT2D eigenvalue weighted by Gasteiger charge is -2.17. The third-order valence-electron chi connectivity index (χ3n) is 3.83. The summed E-state index contributed by atoms with van der Waals surface area (Å²) in [4.78, 5) is 24.8. The second-order valence-corrected chi connectivity index (χ2v) is 7.59. The van der Waals surface area contributed by atoms with Crippen LogP contribution in [0.1, 0.15) is 15.9 Å². The normalized spacial score (nSPS) is 16.7. The van der Waals surface area contributed by atoms with Crippen molar-refractivity contribution >= 4 is 45.8 Å². The Hall–Kier alpha value is -2.58. The van der Waals surface area contributed by atoms with Crippen molar-refractivity contribution in [2.75, 3.05) is 11.9 Å². The van der Waals surface area contributed by atoms with E-state index in [4.69, 9.17) is 12.2 Å². The third-order valence-corrected chi connectivity index (χ3v) is 5.33. The molecule has 2 amide bonds. The van der Waals surface area contributed by atoms with Gasteiger partial charge in [0, 0.05) is 12.2 Å². The molecule has 1 aliphatic heterocycles. The zero-order chi connectivity index (χ0) is 18.7. The van der Waals surface area contributed by atoms with Crippen LogP contribution in [0, 0.1) is 6.92 Å². The van der Waals surface area contributed by atoms with Crippen LogP contribution in [0.3, 0.4) is 0 Å². The molecule has 0 spiro atoms. The summed E-state index contributed by atoms with van der Waals surface area (Å²) in [7, 11) is 0. The number of nitrogens with zero attached hydrogens (tertiary/aromatic N) is 1. The van der Waals surface area contributed by atoms with Crippen molar-refractivity contribution in [2.45, 2.75) is 12.2 Å². The molecule has 1 saturated heterocycles. The van der Waals surface area contributed by atoms with Gasteiger partial charge < -0.3 is 10.4 Å². The van der Waals surface area contributed by atoms with Gasteiger partial charge in [-0.3, -0.25) is 15.0 Å². The first-order valence-corrected chi connectivity index (χ1v) is 9.18. The van der Waals surface area contributed by atoms with Crippen molar-refractivity contribution in [2.24, 2.45) is 0 Å². The van der Waals surface area contributed by atoms with E-state index in [2.05, 4.69) is 10.7 Å². The molecule has 1 atom stereocenters. The van der Waals surface area contributed by atoms with Gasteiger partial charge in [0.1, 0.15) is 11.0 Å². The monoisotopic (exact) mass is 387 g/mol. The lowest BCUT2D eigenvalue weighted by molar-refractivity contribution is -0.127.